The van der Waals surface area contributed by atoms with E-state index in [1.165, 1.54) is 0 Å². The molecule has 1 N–H and O–H groups in total. The Bertz CT molecular complexity index is 406. The van der Waals surface area contributed by atoms with Gasteiger partial charge in [-0.05, 0) is 24.1 Å². The molecule has 0 amide bonds. The number of hydrogen-bond acceptors (Lipinski definition) is 1. The average Bonchev–Trinajstić information content (AvgIpc) is 2.14. The van der Waals surface area contributed by atoms with Gasteiger partial charge < -0.3 is 5.11 Å². The highest BCUT2D eigenvalue weighted by molar-refractivity contribution is 5.36. The van der Waals surface area contributed by atoms with Crippen LogP contribution in [0.4, 0.5) is 26.3 Å². The van der Waals surface area contributed by atoms with E-state index in [-0.39, 0.29) is 0 Å². The Morgan fingerprint density at radius 1 is 1.00 bits per heavy atom. The van der Waals surface area contributed by atoms with E-state index in [9.17, 15) is 26.3 Å². The molecule has 0 spiro atoms. The summed E-state index contributed by atoms with van der Waals surface area (Å²) >= 11 is 0. The SMILES string of the molecule is CCC(c1cccc(O)c1)(C(F)(F)F)C(F)(F)F. The number of halogens is 6. The first kappa shape index (κ1) is 14.7. The lowest BCUT2D eigenvalue weighted by Gasteiger charge is -2.37. The smallest absolute Gasteiger partial charge is 0.407 e. The van der Waals surface area contributed by atoms with Crippen molar-refractivity contribution in [1.82, 2.24) is 0 Å². The largest absolute Gasteiger partial charge is 0.508 e. The van der Waals surface area contributed by atoms with Crippen molar-refractivity contribution in [2.45, 2.75) is 31.1 Å². The normalized spacial score (nSPS) is 13.7. The van der Waals surface area contributed by atoms with Gasteiger partial charge in [0.1, 0.15) is 5.75 Å². The molecule has 1 aromatic carbocycles. The van der Waals surface area contributed by atoms with E-state index in [1.807, 2.05) is 0 Å². The van der Waals surface area contributed by atoms with Crippen LogP contribution in [0.25, 0.3) is 0 Å². The van der Waals surface area contributed by atoms with Gasteiger partial charge in [0.15, 0.2) is 5.41 Å². The lowest BCUT2D eigenvalue weighted by Crippen LogP contribution is -2.53. The quantitative estimate of drug-likeness (QED) is 0.801. The van der Waals surface area contributed by atoms with Crippen LogP contribution in [0.3, 0.4) is 0 Å². The minimum atomic E-state index is -5.49. The molecule has 0 heterocycles. The number of phenolic OH excluding ortho intramolecular Hbond substituents is 1. The van der Waals surface area contributed by atoms with Gasteiger partial charge in [0.05, 0.1) is 0 Å². The molecule has 0 aliphatic rings. The fourth-order valence-corrected chi connectivity index (χ4v) is 1.86. The van der Waals surface area contributed by atoms with Crippen molar-refractivity contribution in [2.24, 2.45) is 0 Å². The van der Waals surface area contributed by atoms with E-state index >= 15 is 0 Å². The summed E-state index contributed by atoms with van der Waals surface area (Å²) in [6.07, 6.45) is -12.2. The third-order valence-corrected chi connectivity index (χ3v) is 2.84. The van der Waals surface area contributed by atoms with Crippen molar-refractivity contribution >= 4 is 0 Å². The molecule has 1 aromatic rings. The molecule has 0 unspecified atom stereocenters. The first-order valence-electron chi connectivity index (χ1n) is 4.99. The molecule has 0 fully saturated rings. The van der Waals surface area contributed by atoms with E-state index in [4.69, 9.17) is 5.11 Å². The molecular weight excluding hydrogens is 262 g/mol. The number of phenols is 1. The van der Waals surface area contributed by atoms with Gasteiger partial charge >= 0.3 is 12.4 Å². The number of alkyl halides is 6. The summed E-state index contributed by atoms with van der Waals surface area (Å²) in [7, 11) is 0. The molecule has 1 rings (SSSR count). The van der Waals surface area contributed by atoms with Crippen LogP contribution in [0.5, 0.6) is 5.75 Å². The zero-order chi connectivity index (χ0) is 14.2. The van der Waals surface area contributed by atoms with Crippen LogP contribution in [0.1, 0.15) is 18.9 Å². The van der Waals surface area contributed by atoms with Gasteiger partial charge in [0, 0.05) is 0 Å². The number of hydrogen-bond donors (Lipinski definition) is 1. The Kier molecular flexibility index (Phi) is 3.56. The van der Waals surface area contributed by atoms with E-state index in [0.717, 1.165) is 19.1 Å². The van der Waals surface area contributed by atoms with Gasteiger partial charge in [0.25, 0.3) is 0 Å². The van der Waals surface area contributed by atoms with Gasteiger partial charge in [-0.1, -0.05) is 19.1 Å². The van der Waals surface area contributed by atoms with Crippen LogP contribution in [0.2, 0.25) is 0 Å². The van der Waals surface area contributed by atoms with Crippen LogP contribution in [0.15, 0.2) is 24.3 Å². The molecular formula is C11H10F6O. The summed E-state index contributed by atoms with van der Waals surface area (Å²) in [6, 6.07) is 3.16. The van der Waals surface area contributed by atoms with Crippen LogP contribution < -0.4 is 0 Å². The molecule has 102 valence electrons. The third-order valence-electron chi connectivity index (χ3n) is 2.84. The standard InChI is InChI=1S/C11H10F6O/c1-2-9(10(12,13)14,11(15,16)17)7-4-3-5-8(18)6-7/h3-6,18H,2H2,1H3. The van der Waals surface area contributed by atoms with E-state index in [0.29, 0.717) is 12.1 Å². The van der Waals surface area contributed by atoms with Gasteiger partial charge in [-0.2, -0.15) is 26.3 Å². The van der Waals surface area contributed by atoms with Gasteiger partial charge in [-0.15, -0.1) is 0 Å². The molecule has 0 aliphatic heterocycles. The molecule has 0 radical (unpaired) electrons. The third kappa shape index (κ3) is 2.13. The van der Waals surface area contributed by atoms with Crippen molar-refractivity contribution in [3.05, 3.63) is 29.8 Å². The summed E-state index contributed by atoms with van der Waals surface area (Å²) in [5.41, 5.74) is -4.97. The molecule has 0 bridgehead atoms. The van der Waals surface area contributed by atoms with Gasteiger partial charge in [0.2, 0.25) is 0 Å². The van der Waals surface area contributed by atoms with Gasteiger partial charge in [-0.3, -0.25) is 0 Å². The second-order valence-electron chi connectivity index (χ2n) is 3.80. The maximum absolute atomic E-state index is 12.9. The summed E-state index contributed by atoms with van der Waals surface area (Å²) in [6.45, 7) is 0.811. The van der Waals surface area contributed by atoms with Crippen molar-refractivity contribution in [2.75, 3.05) is 0 Å². The Labute approximate surface area is 99.0 Å². The van der Waals surface area contributed by atoms with Crippen LogP contribution in [-0.4, -0.2) is 17.5 Å². The number of benzene rings is 1. The van der Waals surface area contributed by atoms with Gasteiger partial charge in [-0.25, -0.2) is 0 Å². The maximum atomic E-state index is 12.9. The lowest BCUT2D eigenvalue weighted by molar-refractivity contribution is -0.304. The number of rotatable bonds is 2. The molecule has 0 aromatic heterocycles. The molecule has 0 saturated heterocycles. The van der Waals surface area contributed by atoms with Crippen molar-refractivity contribution in [3.8, 4) is 5.75 Å². The van der Waals surface area contributed by atoms with E-state index < -0.39 is 35.5 Å². The summed E-state index contributed by atoms with van der Waals surface area (Å²) in [5, 5.41) is 9.07. The maximum Gasteiger partial charge on any atom is 0.407 e. The minimum Gasteiger partial charge on any atom is -0.508 e. The molecule has 18 heavy (non-hydrogen) atoms. The summed E-state index contributed by atoms with van der Waals surface area (Å²) in [4.78, 5) is 0. The van der Waals surface area contributed by atoms with E-state index in [1.54, 1.807) is 0 Å². The first-order chi connectivity index (χ1) is 8.06. The second kappa shape index (κ2) is 4.37. The van der Waals surface area contributed by atoms with Crippen molar-refractivity contribution in [1.29, 1.82) is 0 Å². The summed E-state index contributed by atoms with van der Waals surface area (Å²) < 4.78 is 77.3. The highest BCUT2D eigenvalue weighted by Crippen LogP contribution is 2.54. The zero-order valence-electron chi connectivity index (χ0n) is 9.23. The molecule has 0 atom stereocenters. The van der Waals surface area contributed by atoms with Crippen LogP contribution in [-0.2, 0) is 5.41 Å². The highest BCUT2D eigenvalue weighted by atomic mass is 19.4. The average molecular weight is 272 g/mol. The monoisotopic (exact) mass is 272 g/mol. The lowest BCUT2D eigenvalue weighted by atomic mass is 9.76. The second-order valence-corrected chi connectivity index (χ2v) is 3.80. The molecule has 0 saturated carbocycles. The Morgan fingerprint density at radius 2 is 1.50 bits per heavy atom. The van der Waals surface area contributed by atoms with Crippen LogP contribution in [0, 0.1) is 0 Å². The van der Waals surface area contributed by atoms with Crippen LogP contribution >= 0.6 is 0 Å². The zero-order valence-corrected chi connectivity index (χ0v) is 9.23. The minimum absolute atomic E-state index is 0.491. The molecule has 7 heteroatoms. The number of aromatic hydroxyl groups is 1. The molecule has 0 aliphatic carbocycles. The topological polar surface area (TPSA) is 20.2 Å². The summed E-state index contributed by atoms with van der Waals surface area (Å²) in [5.74, 6) is -0.640. The van der Waals surface area contributed by atoms with Crippen molar-refractivity contribution < 1.29 is 31.4 Å². The first-order valence-corrected chi connectivity index (χ1v) is 4.99. The van der Waals surface area contributed by atoms with Crippen molar-refractivity contribution in [3.63, 3.8) is 0 Å². The fourth-order valence-electron chi connectivity index (χ4n) is 1.86. The Hall–Kier alpha value is -1.40. The predicted molar refractivity (Wildman–Crippen MR) is 52.2 cm³/mol. The highest BCUT2D eigenvalue weighted by Gasteiger charge is 2.70. The Morgan fingerprint density at radius 3 is 1.83 bits per heavy atom. The molecule has 1 nitrogen and oxygen atoms in total. The Balaban J connectivity index is 3.56. The fraction of sp³-hybridized carbons (Fsp3) is 0.455. The van der Waals surface area contributed by atoms with E-state index in [2.05, 4.69) is 0 Å². The predicted octanol–water partition coefficient (Wildman–Crippen LogP) is 4.16.